The fourth-order valence-electron chi connectivity index (χ4n) is 2.54. The molecular formula is C15H23N3O. The van der Waals surface area contributed by atoms with Gasteiger partial charge in [0.25, 0.3) is 0 Å². The molecule has 2 rings (SSSR count). The van der Waals surface area contributed by atoms with E-state index in [9.17, 15) is 0 Å². The van der Waals surface area contributed by atoms with E-state index in [4.69, 9.17) is 15.9 Å². The average Bonchev–Trinajstić information content (AvgIpc) is 2.33. The minimum Gasteiger partial charge on any atom is -0.496 e. The zero-order valence-electron chi connectivity index (χ0n) is 11.8. The van der Waals surface area contributed by atoms with Crippen molar-refractivity contribution in [3.63, 3.8) is 0 Å². The summed E-state index contributed by atoms with van der Waals surface area (Å²) < 4.78 is 5.39. The first-order valence-electron chi connectivity index (χ1n) is 6.80. The third-order valence-corrected chi connectivity index (χ3v) is 3.83. The molecular weight excluding hydrogens is 238 g/mol. The second kappa shape index (κ2) is 6.06. The first-order valence-corrected chi connectivity index (χ1v) is 6.80. The van der Waals surface area contributed by atoms with Crippen molar-refractivity contribution in [1.29, 1.82) is 5.41 Å². The number of hydrogen-bond donors (Lipinski definition) is 2. The van der Waals surface area contributed by atoms with Crippen molar-refractivity contribution < 1.29 is 4.74 Å². The highest BCUT2D eigenvalue weighted by atomic mass is 16.5. The van der Waals surface area contributed by atoms with E-state index in [1.54, 1.807) is 7.11 Å². The zero-order chi connectivity index (χ0) is 13.8. The van der Waals surface area contributed by atoms with Crippen LogP contribution < -0.4 is 10.5 Å². The molecule has 3 N–H and O–H groups in total. The second-order valence-electron chi connectivity index (χ2n) is 5.43. The van der Waals surface area contributed by atoms with Gasteiger partial charge >= 0.3 is 0 Å². The molecule has 0 heterocycles. The van der Waals surface area contributed by atoms with Crippen LogP contribution >= 0.6 is 0 Å². The number of hydrogen-bond acceptors (Lipinski definition) is 3. The molecule has 4 heteroatoms. The average molecular weight is 261 g/mol. The normalized spacial score (nSPS) is 15.3. The number of rotatable bonds is 6. The summed E-state index contributed by atoms with van der Waals surface area (Å²) in [6.45, 7) is 1.97. The molecule has 1 aliphatic rings. The van der Waals surface area contributed by atoms with Crippen molar-refractivity contribution in [2.45, 2.75) is 25.8 Å². The van der Waals surface area contributed by atoms with Gasteiger partial charge in [-0.3, -0.25) is 5.41 Å². The van der Waals surface area contributed by atoms with E-state index >= 15 is 0 Å². The Morgan fingerprint density at radius 2 is 2.21 bits per heavy atom. The maximum Gasteiger partial charge on any atom is 0.123 e. The van der Waals surface area contributed by atoms with Gasteiger partial charge in [0.05, 0.1) is 7.11 Å². The molecule has 0 saturated heterocycles. The SMILES string of the molecule is COc1ccc(C(=N)N)cc1CN(C)CC1CCC1. The number of nitrogens with zero attached hydrogens (tertiary/aromatic N) is 1. The maximum absolute atomic E-state index is 7.52. The van der Waals surface area contributed by atoms with E-state index in [0.717, 1.165) is 35.9 Å². The molecule has 19 heavy (non-hydrogen) atoms. The second-order valence-corrected chi connectivity index (χ2v) is 5.43. The number of amidine groups is 1. The first-order chi connectivity index (χ1) is 9.10. The van der Waals surface area contributed by atoms with Gasteiger partial charge in [-0.2, -0.15) is 0 Å². The number of nitrogen functional groups attached to an aromatic ring is 1. The smallest absolute Gasteiger partial charge is 0.123 e. The minimum absolute atomic E-state index is 0.102. The van der Waals surface area contributed by atoms with Gasteiger partial charge in [-0.1, -0.05) is 6.42 Å². The molecule has 0 bridgehead atoms. The van der Waals surface area contributed by atoms with E-state index in [-0.39, 0.29) is 5.84 Å². The lowest BCUT2D eigenvalue weighted by atomic mass is 9.85. The number of methoxy groups -OCH3 is 1. The number of ether oxygens (including phenoxy) is 1. The largest absolute Gasteiger partial charge is 0.496 e. The molecule has 4 nitrogen and oxygen atoms in total. The predicted molar refractivity (Wildman–Crippen MR) is 77.7 cm³/mol. The summed E-state index contributed by atoms with van der Waals surface area (Å²) in [6, 6.07) is 5.68. The van der Waals surface area contributed by atoms with Crippen molar-refractivity contribution in [1.82, 2.24) is 4.90 Å². The molecule has 104 valence electrons. The van der Waals surface area contributed by atoms with Gasteiger partial charge in [0.1, 0.15) is 11.6 Å². The van der Waals surface area contributed by atoms with Crippen LogP contribution in [0, 0.1) is 11.3 Å². The lowest BCUT2D eigenvalue weighted by Crippen LogP contribution is -2.29. The van der Waals surface area contributed by atoms with Gasteiger partial charge in [-0.15, -0.1) is 0 Å². The van der Waals surface area contributed by atoms with E-state index < -0.39 is 0 Å². The summed E-state index contributed by atoms with van der Waals surface area (Å²) in [7, 11) is 3.82. The van der Waals surface area contributed by atoms with Gasteiger partial charge in [0.15, 0.2) is 0 Å². The van der Waals surface area contributed by atoms with Crippen LogP contribution in [-0.4, -0.2) is 31.4 Å². The first kappa shape index (κ1) is 13.9. The Morgan fingerprint density at radius 1 is 1.47 bits per heavy atom. The Kier molecular flexibility index (Phi) is 4.43. The molecule has 0 radical (unpaired) electrons. The molecule has 1 saturated carbocycles. The summed E-state index contributed by atoms with van der Waals surface area (Å²) >= 11 is 0. The third-order valence-electron chi connectivity index (χ3n) is 3.83. The molecule has 1 aromatic rings. The van der Waals surface area contributed by atoms with Crippen molar-refractivity contribution in [2.75, 3.05) is 20.7 Å². The fraction of sp³-hybridized carbons (Fsp3) is 0.533. The van der Waals surface area contributed by atoms with Gasteiger partial charge in [-0.25, -0.2) is 0 Å². The Labute approximate surface area is 115 Å². The van der Waals surface area contributed by atoms with Crippen molar-refractivity contribution in [2.24, 2.45) is 11.7 Å². The van der Waals surface area contributed by atoms with Crippen LogP contribution in [0.1, 0.15) is 30.4 Å². The number of benzene rings is 1. The van der Waals surface area contributed by atoms with Gasteiger partial charge in [0.2, 0.25) is 0 Å². The Morgan fingerprint density at radius 3 is 2.74 bits per heavy atom. The highest BCUT2D eigenvalue weighted by Gasteiger charge is 2.19. The summed E-state index contributed by atoms with van der Waals surface area (Å²) in [6.07, 6.45) is 4.09. The maximum atomic E-state index is 7.52. The lowest BCUT2D eigenvalue weighted by molar-refractivity contribution is 0.199. The van der Waals surface area contributed by atoms with E-state index in [1.165, 1.54) is 19.3 Å². The Balaban J connectivity index is 2.07. The topological polar surface area (TPSA) is 62.3 Å². The molecule has 1 aliphatic carbocycles. The third kappa shape index (κ3) is 3.47. The lowest BCUT2D eigenvalue weighted by Gasteiger charge is -2.30. The van der Waals surface area contributed by atoms with E-state index in [1.807, 2.05) is 18.2 Å². The summed E-state index contributed by atoms with van der Waals surface area (Å²) in [5.41, 5.74) is 7.40. The predicted octanol–water partition coefficient (Wildman–Crippen LogP) is 2.21. The Hall–Kier alpha value is -1.55. The molecule has 0 atom stereocenters. The van der Waals surface area contributed by atoms with Crippen LogP contribution in [0.25, 0.3) is 0 Å². The Bertz CT molecular complexity index is 455. The summed E-state index contributed by atoms with van der Waals surface area (Å²) in [5.74, 6) is 1.82. The molecule has 0 spiro atoms. The number of nitrogens with two attached hydrogens (primary N) is 1. The molecule has 0 unspecified atom stereocenters. The number of nitrogens with one attached hydrogen (secondary N) is 1. The molecule has 1 aromatic carbocycles. The van der Waals surface area contributed by atoms with Gasteiger partial charge < -0.3 is 15.4 Å². The van der Waals surface area contributed by atoms with Crippen molar-refractivity contribution in [3.8, 4) is 5.75 Å². The monoisotopic (exact) mass is 261 g/mol. The fourth-order valence-corrected chi connectivity index (χ4v) is 2.54. The molecule has 0 amide bonds. The molecule has 1 fully saturated rings. The van der Waals surface area contributed by atoms with Crippen molar-refractivity contribution in [3.05, 3.63) is 29.3 Å². The minimum atomic E-state index is 0.102. The van der Waals surface area contributed by atoms with Crippen LogP contribution in [0.3, 0.4) is 0 Å². The summed E-state index contributed by atoms with van der Waals surface area (Å²) in [5, 5.41) is 7.52. The van der Waals surface area contributed by atoms with Crippen LogP contribution in [0.2, 0.25) is 0 Å². The zero-order valence-corrected chi connectivity index (χ0v) is 11.8. The summed E-state index contributed by atoms with van der Waals surface area (Å²) in [4.78, 5) is 2.32. The van der Waals surface area contributed by atoms with Crippen LogP contribution in [-0.2, 0) is 6.54 Å². The van der Waals surface area contributed by atoms with Crippen molar-refractivity contribution >= 4 is 5.84 Å². The quantitative estimate of drug-likeness (QED) is 0.609. The van der Waals surface area contributed by atoms with E-state index in [2.05, 4.69) is 11.9 Å². The van der Waals surface area contributed by atoms with Crippen LogP contribution in [0.15, 0.2) is 18.2 Å². The van der Waals surface area contributed by atoms with Gasteiger partial charge in [-0.05, 0) is 44.0 Å². The standard InChI is InChI=1S/C15H23N3O/c1-18(9-11-4-3-5-11)10-13-8-12(15(16)17)6-7-14(13)19-2/h6-8,11H,3-5,9-10H2,1-2H3,(H3,16,17). The van der Waals surface area contributed by atoms with Crippen LogP contribution in [0.5, 0.6) is 5.75 Å². The highest BCUT2D eigenvalue weighted by Crippen LogP contribution is 2.28. The molecule has 0 aliphatic heterocycles. The van der Waals surface area contributed by atoms with Crippen LogP contribution in [0.4, 0.5) is 0 Å². The van der Waals surface area contributed by atoms with Gasteiger partial charge in [0, 0.05) is 24.2 Å². The highest BCUT2D eigenvalue weighted by molar-refractivity contribution is 5.95. The molecule has 0 aromatic heterocycles. The van der Waals surface area contributed by atoms with E-state index in [0.29, 0.717) is 0 Å².